The Morgan fingerprint density at radius 1 is 1.32 bits per heavy atom. The van der Waals surface area contributed by atoms with E-state index in [1.807, 2.05) is 0 Å². The molecular weight excluding hydrogens is 262 g/mol. The van der Waals surface area contributed by atoms with Crippen LogP contribution in [0.2, 0.25) is 0 Å². The fourth-order valence-electron chi connectivity index (χ4n) is 2.18. The maximum absolute atomic E-state index is 11.4. The molecule has 1 aromatic heterocycles. The zero-order valence-corrected chi connectivity index (χ0v) is 12.8. The molecule has 2 rings (SSSR count). The van der Waals surface area contributed by atoms with E-state index in [1.54, 1.807) is 5.38 Å². The summed E-state index contributed by atoms with van der Waals surface area (Å²) in [5.74, 6) is -0.365. The molecule has 0 saturated carbocycles. The molecule has 0 aliphatic carbocycles. The third kappa shape index (κ3) is 3.25. The topological polar surface area (TPSA) is 45.7 Å². The van der Waals surface area contributed by atoms with Gasteiger partial charge in [0.2, 0.25) is 0 Å². The molecule has 0 atom stereocenters. The van der Waals surface area contributed by atoms with Crippen molar-refractivity contribution in [2.45, 2.75) is 26.3 Å². The molecule has 2 heterocycles. The summed E-state index contributed by atoms with van der Waals surface area (Å²) >= 11 is 1.50. The number of carbonyl (C=O) groups is 1. The fourth-order valence-corrected chi connectivity index (χ4v) is 3.03. The highest BCUT2D eigenvalue weighted by Gasteiger charge is 2.27. The lowest BCUT2D eigenvalue weighted by Crippen LogP contribution is -2.53. The van der Waals surface area contributed by atoms with E-state index in [0.29, 0.717) is 5.69 Å². The summed E-state index contributed by atoms with van der Waals surface area (Å²) in [6, 6.07) is 0. The molecular formula is C13H21N3O2S. The van der Waals surface area contributed by atoms with Crippen molar-refractivity contribution in [3.63, 3.8) is 0 Å². The summed E-state index contributed by atoms with van der Waals surface area (Å²) in [5.41, 5.74) is 0.618. The minimum atomic E-state index is -0.365. The highest BCUT2D eigenvalue weighted by Crippen LogP contribution is 2.24. The summed E-state index contributed by atoms with van der Waals surface area (Å²) in [5, 5.41) is 2.67. The minimum absolute atomic E-state index is 0.214. The first-order chi connectivity index (χ1) is 8.91. The number of thiazole rings is 1. The minimum Gasteiger partial charge on any atom is -0.464 e. The first-order valence-corrected chi connectivity index (χ1v) is 7.33. The predicted octanol–water partition coefficient (Wildman–Crippen LogP) is 1.85. The average molecular weight is 283 g/mol. The van der Waals surface area contributed by atoms with Crippen LogP contribution in [0.4, 0.5) is 5.13 Å². The Morgan fingerprint density at radius 2 is 1.95 bits per heavy atom. The summed E-state index contributed by atoms with van der Waals surface area (Å²) in [7, 11) is 1.38. The Kier molecular flexibility index (Phi) is 4.10. The lowest BCUT2D eigenvalue weighted by molar-refractivity contribution is 0.0595. The van der Waals surface area contributed by atoms with Gasteiger partial charge in [0, 0.05) is 37.1 Å². The normalized spacial score (nSPS) is 17.6. The summed E-state index contributed by atoms with van der Waals surface area (Å²) in [6.07, 6.45) is 0. The molecule has 0 bridgehead atoms. The first kappa shape index (κ1) is 14.3. The highest BCUT2D eigenvalue weighted by molar-refractivity contribution is 7.13. The van der Waals surface area contributed by atoms with Gasteiger partial charge in [0.1, 0.15) is 0 Å². The van der Waals surface area contributed by atoms with Crippen LogP contribution in [0.5, 0.6) is 0 Å². The van der Waals surface area contributed by atoms with Crippen LogP contribution < -0.4 is 4.90 Å². The van der Waals surface area contributed by atoms with Crippen LogP contribution in [0.15, 0.2) is 5.38 Å². The third-order valence-electron chi connectivity index (χ3n) is 3.39. The monoisotopic (exact) mass is 283 g/mol. The molecule has 1 aliphatic rings. The summed E-state index contributed by atoms with van der Waals surface area (Å²) in [6.45, 7) is 10.7. The molecule has 6 heteroatoms. The van der Waals surface area contributed by atoms with E-state index in [-0.39, 0.29) is 11.5 Å². The number of aromatic nitrogens is 1. The maximum Gasteiger partial charge on any atom is 0.357 e. The SMILES string of the molecule is COC(=O)c1csc(N2CCN(C(C)(C)C)CC2)n1. The van der Waals surface area contributed by atoms with Gasteiger partial charge >= 0.3 is 5.97 Å². The van der Waals surface area contributed by atoms with Gasteiger partial charge in [-0.2, -0.15) is 0 Å². The van der Waals surface area contributed by atoms with Crippen molar-refractivity contribution in [1.29, 1.82) is 0 Å². The van der Waals surface area contributed by atoms with Crippen LogP contribution in [0.3, 0.4) is 0 Å². The first-order valence-electron chi connectivity index (χ1n) is 6.45. The summed E-state index contributed by atoms with van der Waals surface area (Å²) in [4.78, 5) is 20.4. The van der Waals surface area contributed by atoms with Gasteiger partial charge < -0.3 is 9.64 Å². The zero-order chi connectivity index (χ0) is 14.0. The number of ether oxygens (including phenoxy) is 1. The number of piperazine rings is 1. The molecule has 0 aromatic carbocycles. The number of esters is 1. The van der Waals surface area contributed by atoms with Gasteiger partial charge in [-0.3, -0.25) is 4.90 Å². The molecule has 0 N–H and O–H groups in total. The highest BCUT2D eigenvalue weighted by atomic mass is 32.1. The van der Waals surface area contributed by atoms with E-state index in [2.05, 4.69) is 40.3 Å². The Labute approximate surface area is 118 Å². The fraction of sp³-hybridized carbons (Fsp3) is 0.692. The van der Waals surface area contributed by atoms with Crippen molar-refractivity contribution < 1.29 is 9.53 Å². The van der Waals surface area contributed by atoms with Crippen molar-refractivity contribution in [3.05, 3.63) is 11.1 Å². The largest absolute Gasteiger partial charge is 0.464 e. The molecule has 1 aliphatic heterocycles. The molecule has 106 valence electrons. The van der Waals surface area contributed by atoms with Crippen LogP contribution in [-0.2, 0) is 4.74 Å². The van der Waals surface area contributed by atoms with E-state index < -0.39 is 0 Å². The number of methoxy groups -OCH3 is 1. The molecule has 1 saturated heterocycles. The molecule has 0 unspecified atom stereocenters. The molecule has 1 fully saturated rings. The quantitative estimate of drug-likeness (QED) is 0.775. The second-order valence-corrected chi connectivity index (χ2v) is 6.49. The van der Waals surface area contributed by atoms with Crippen LogP contribution in [0.1, 0.15) is 31.3 Å². The average Bonchev–Trinajstić information content (AvgIpc) is 2.86. The number of hydrogen-bond acceptors (Lipinski definition) is 6. The second-order valence-electron chi connectivity index (χ2n) is 5.65. The maximum atomic E-state index is 11.4. The van der Waals surface area contributed by atoms with E-state index in [0.717, 1.165) is 31.3 Å². The third-order valence-corrected chi connectivity index (χ3v) is 4.29. The molecule has 19 heavy (non-hydrogen) atoms. The molecule has 0 radical (unpaired) electrons. The number of anilines is 1. The molecule has 0 spiro atoms. The standard InChI is InChI=1S/C13H21N3O2S/c1-13(2,3)16-7-5-15(6-8-16)12-14-10(9-19-12)11(17)18-4/h9H,5-8H2,1-4H3. The molecule has 1 aromatic rings. The van der Waals surface area contributed by atoms with E-state index >= 15 is 0 Å². The Hall–Kier alpha value is -1.14. The van der Waals surface area contributed by atoms with Crippen LogP contribution >= 0.6 is 11.3 Å². The Morgan fingerprint density at radius 3 is 2.47 bits per heavy atom. The molecule has 5 nitrogen and oxygen atoms in total. The van der Waals surface area contributed by atoms with Crippen LogP contribution in [0.25, 0.3) is 0 Å². The number of rotatable bonds is 2. The van der Waals surface area contributed by atoms with E-state index in [4.69, 9.17) is 0 Å². The Balaban J connectivity index is 1.98. The number of nitrogens with zero attached hydrogens (tertiary/aromatic N) is 3. The van der Waals surface area contributed by atoms with Crippen molar-refractivity contribution in [1.82, 2.24) is 9.88 Å². The predicted molar refractivity (Wildman–Crippen MR) is 77.0 cm³/mol. The lowest BCUT2D eigenvalue weighted by Gasteiger charge is -2.42. The van der Waals surface area contributed by atoms with Gasteiger partial charge in [-0.25, -0.2) is 9.78 Å². The number of hydrogen-bond donors (Lipinski definition) is 0. The smallest absolute Gasteiger partial charge is 0.357 e. The van der Waals surface area contributed by atoms with Gasteiger partial charge in [0.25, 0.3) is 0 Å². The number of carbonyl (C=O) groups excluding carboxylic acids is 1. The van der Waals surface area contributed by atoms with Gasteiger partial charge in [0.05, 0.1) is 7.11 Å². The Bertz CT molecular complexity index is 445. The van der Waals surface area contributed by atoms with Gasteiger partial charge in [-0.15, -0.1) is 11.3 Å². The lowest BCUT2D eigenvalue weighted by atomic mass is 10.1. The zero-order valence-electron chi connectivity index (χ0n) is 12.0. The van der Waals surface area contributed by atoms with Crippen molar-refractivity contribution in [3.8, 4) is 0 Å². The van der Waals surface area contributed by atoms with Crippen molar-refractivity contribution in [2.24, 2.45) is 0 Å². The van der Waals surface area contributed by atoms with Gasteiger partial charge in [-0.05, 0) is 20.8 Å². The van der Waals surface area contributed by atoms with Crippen molar-refractivity contribution >= 4 is 22.4 Å². The van der Waals surface area contributed by atoms with Gasteiger partial charge in [-0.1, -0.05) is 0 Å². The van der Waals surface area contributed by atoms with Crippen LogP contribution in [-0.4, -0.2) is 54.7 Å². The van der Waals surface area contributed by atoms with Crippen LogP contribution in [0, 0.1) is 0 Å². The van der Waals surface area contributed by atoms with E-state index in [9.17, 15) is 4.79 Å². The van der Waals surface area contributed by atoms with E-state index in [1.165, 1.54) is 18.4 Å². The molecule has 0 amide bonds. The summed E-state index contributed by atoms with van der Waals surface area (Å²) < 4.78 is 4.68. The van der Waals surface area contributed by atoms with Crippen molar-refractivity contribution in [2.75, 3.05) is 38.2 Å². The second kappa shape index (κ2) is 5.46. The van der Waals surface area contributed by atoms with Gasteiger partial charge in [0.15, 0.2) is 10.8 Å².